The maximum absolute atomic E-state index is 13.3. The van der Waals surface area contributed by atoms with Crippen molar-refractivity contribution in [2.45, 2.75) is 44.6 Å². The summed E-state index contributed by atoms with van der Waals surface area (Å²) in [4.78, 5) is 17.7. The van der Waals surface area contributed by atoms with Gasteiger partial charge in [0.15, 0.2) is 5.65 Å². The Kier molecular flexibility index (Phi) is 6.20. The molecule has 5 rings (SSSR count). The highest BCUT2D eigenvalue weighted by molar-refractivity contribution is 7.89. The van der Waals surface area contributed by atoms with Gasteiger partial charge in [-0.2, -0.15) is 4.31 Å². The lowest BCUT2D eigenvalue weighted by Gasteiger charge is -2.25. The van der Waals surface area contributed by atoms with Crippen LogP contribution in [0.15, 0.2) is 56.7 Å². The number of rotatable bonds is 7. The largest absolute Gasteiger partial charge is 0.494 e. The van der Waals surface area contributed by atoms with Crippen molar-refractivity contribution in [1.29, 1.82) is 0 Å². The van der Waals surface area contributed by atoms with E-state index in [1.54, 1.807) is 13.0 Å². The fourth-order valence-corrected chi connectivity index (χ4v) is 5.90. The molecule has 1 fully saturated rings. The zero-order valence-corrected chi connectivity index (χ0v) is 20.5. The number of pyridine rings is 1. The molecule has 4 aromatic rings. The van der Waals surface area contributed by atoms with Gasteiger partial charge in [0.1, 0.15) is 22.1 Å². The van der Waals surface area contributed by atoms with E-state index in [0.717, 1.165) is 30.6 Å². The molecule has 1 aliphatic rings. The summed E-state index contributed by atoms with van der Waals surface area (Å²) in [5.74, 6) is 1.73. The second-order valence-corrected chi connectivity index (χ2v) is 10.4. The number of benzene rings is 1. The molecule has 3 aromatic heterocycles. The zero-order valence-electron chi connectivity index (χ0n) is 19.7. The third-order valence-electron chi connectivity index (χ3n) is 6.11. The van der Waals surface area contributed by atoms with Crippen LogP contribution in [-0.4, -0.2) is 51.6 Å². The summed E-state index contributed by atoms with van der Waals surface area (Å²) >= 11 is 0. The minimum atomic E-state index is -3.76. The van der Waals surface area contributed by atoms with Crippen LogP contribution in [-0.2, 0) is 16.6 Å². The van der Waals surface area contributed by atoms with Gasteiger partial charge >= 0.3 is 5.69 Å². The van der Waals surface area contributed by atoms with Crippen LogP contribution in [0.2, 0.25) is 0 Å². The average molecular weight is 498 g/mol. The number of ether oxygens (including phenoxy) is 1. The Morgan fingerprint density at radius 3 is 2.54 bits per heavy atom. The number of sulfonamides is 1. The number of aromatic nitrogens is 4. The first-order valence-corrected chi connectivity index (χ1v) is 13.1. The minimum absolute atomic E-state index is 0.0321. The summed E-state index contributed by atoms with van der Waals surface area (Å²) in [5.41, 5.74) is 0.983. The number of hydrogen-bond donors (Lipinski definition) is 0. The van der Waals surface area contributed by atoms with Gasteiger partial charge in [-0.05, 0) is 63.1 Å². The lowest BCUT2D eigenvalue weighted by atomic mass is 10.2. The van der Waals surface area contributed by atoms with Gasteiger partial charge in [0.25, 0.3) is 0 Å². The second-order valence-electron chi connectivity index (χ2n) is 8.45. The van der Waals surface area contributed by atoms with Crippen molar-refractivity contribution in [2.75, 3.05) is 19.7 Å². The number of oxazole rings is 1. The fourth-order valence-electron chi connectivity index (χ4n) is 4.26. The number of aryl methyl sites for hydroxylation is 1. The van der Waals surface area contributed by atoms with Gasteiger partial charge in [-0.25, -0.2) is 27.3 Å². The molecular weight excluding hydrogens is 470 g/mol. The molecule has 35 heavy (non-hydrogen) atoms. The van der Waals surface area contributed by atoms with Gasteiger partial charge in [-0.1, -0.05) is 6.42 Å². The van der Waals surface area contributed by atoms with Crippen LogP contribution >= 0.6 is 0 Å². The van der Waals surface area contributed by atoms with Crippen molar-refractivity contribution in [3.63, 3.8) is 0 Å². The summed E-state index contributed by atoms with van der Waals surface area (Å²) in [5, 5.41) is 4.39. The molecule has 0 amide bonds. The van der Waals surface area contributed by atoms with E-state index < -0.39 is 15.7 Å². The van der Waals surface area contributed by atoms with Crippen LogP contribution in [0.4, 0.5) is 0 Å². The van der Waals surface area contributed by atoms with E-state index in [1.165, 1.54) is 25.7 Å². The van der Waals surface area contributed by atoms with Gasteiger partial charge < -0.3 is 9.15 Å². The van der Waals surface area contributed by atoms with Crippen molar-refractivity contribution >= 4 is 15.7 Å². The van der Waals surface area contributed by atoms with Crippen molar-refractivity contribution in [1.82, 2.24) is 23.5 Å². The van der Waals surface area contributed by atoms with E-state index in [1.807, 2.05) is 31.2 Å². The average Bonchev–Trinajstić information content (AvgIpc) is 3.39. The molecule has 10 nitrogen and oxygen atoms in total. The van der Waals surface area contributed by atoms with Crippen LogP contribution in [0.5, 0.6) is 5.75 Å². The second kappa shape index (κ2) is 9.31. The molecule has 11 heteroatoms. The van der Waals surface area contributed by atoms with Crippen molar-refractivity contribution in [2.24, 2.45) is 0 Å². The Morgan fingerprint density at radius 1 is 1.09 bits per heavy atom. The van der Waals surface area contributed by atoms with Crippen LogP contribution in [0.3, 0.4) is 0 Å². The van der Waals surface area contributed by atoms with E-state index in [9.17, 15) is 13.2 Å². The summed E-state index contributed by atoms with van der Waals surface area (Å²) in [7, 11) is -3.76. The third-order valence-corrected chi connectivity index (χ3v) is 8.03. The quantitative estimate of drug-likeness (QED) is 0.386. The van der Waals surface area contributed by atoms with Crippen molar-refractivity contribution in [3.05, 3.63) is 64.5 Å². The molecule has 4 heterocycles. The predicted octanol–water partition coefficient (Wildman–Crippen LogP) is 3.08. The Morgan fingerprint density at radius 2 is 1.83 bits per heavy atom. The molecule has 0 spiro atoms. The molecule has 0 bridgehead atoms. The van der Waals surface area contributed by atoms with E-state index in [-0.39, 0.29) is 17.1 Å². The number of fused-ring (bicyclic) bond motifs is 1. The topological polar surface area (TPSA) is 112 Å². The standard InChI is InChI=1S/C24H27N5O5S/c1-3-33-19-11-9-18(10-12-19)23-25-20(17(2)34-23)16-29-24(30)28-15-7-8-21(22(28)26-29)35(31,32)27-13-5-4-6-14-27/h7-12,15H,3-6,13-14,16H2,1-2H3. The van der Waals surface area contributed by atoms with Crippen molar-refractivity contribution in [3.8, 4) is 17.2 Å². The van der Waals surface area contributed by atoms with Crippen LogP contribution < -0.4 is 10.4 Å². The van der Waals surface area contributed by atoms with Crippen LogP contribution in [0.25, 0.3) is 17.1 Å². The highest BCUT2D eigenvalue weighted by Gasteiger charge is 2.29. The van der Waals surface area contributed by atoms with E-state index in [2.05, 4.69) is 10.1 Å². The Labute approximate surface area is 202 Å². The third kappa shape index (κ3) is 4.37. The first-order valence-electron chi connectivity index (χ1n) is 11.7. The minimum Gasteiger partial charge on any atom is -0.494 e. The molecule has 1 saturated heterocycles. The predicted molar refractivity (Wildman–Crippen MR) is 129 cm³/mol. The molecule has 0 saturated carbocycles. The molecule has 1 aliphatic heterocycles. The number of hydrogen-bond acceptors (Lipinski definition) is 7. The lowest BCUT2D eigenvalue weighted by Crippen LogP contribution is -2.35. The van der Waals surface area contributed by atoms with E-state index in [0.29, 0.717) is 37.0 Å². The van der Waals surface area contributed by atoms with Gasteiger partial charge in [-0.3, -0.25) is 0 Å². The molecule has 0 N–H and O–H groups in total. The summed E-state index contributed by atoms with van der Waals surface area (Å²) in [6.07, 6.45) is 4.19. The van der Waals surface area contributed by atoms with Gasteiger partial charge in [0, 0.05) is 24.8 Å². The molecule has 0 radical (unpaired) electrons. The molecular formula is C24H27N5O5S. The zero-order chi connectivity index (χ0) is 24.6. The first-order chi connectivity index (χ1) is 16.9. The molecule has 0 aliphatic carbocycles. The smallest absolute Gasteiger partial charge is 0.350 e. The Bertz CT molecular complexity index is 1510. The Hall–Kier alpha value is -3.44. The van der Waals surface area contributed by atoms with Gasteiger partial charge in [-0.15, -0.1) is 5.10 Å². The number of nitrogens with zero attached hydrogens (tertiary/aromatic N) is 5. The monoisotopic (exact) mass is 497 g/mol. The maximum Gasteiger partial charge on any atom is 0.350 e. The summed E-state index contributed by atoms with van der Waals surface area (Å²) < 4.78 is 41.8. The Balaban J connectivity index is 1.47. The summed E-state index contributed by atoms with van der Waals surface area (Å²) in [6.45, 7) is 5.27. The highest BCUT2D eigenvalue weighted by atomic mass is 32.2. The van der Waals surface area contributed by atoms with E-state index >= 15 is 0 Å². The molecule has 0 unspecified atom stereocenters. The van der Waals surface area contributed by atoms with Crippen LogP contribution in [0, 0.1) is 6.92 Å². The molecule has 0 atom stereocenters. The first kappa shape index (κ1) is 23.3. The normalized spacial score (nSPS) is 15.0. The summed E-state index contributed by atoms with van der Waals surface area (Å²) in [6, 6.07) is 10.5. The van der Waals surface area contributed by atoms with E-state index in [4.69, 9.17) is 9.15 Å². The van der Waals surface area contributed by atoms with Crippen molar-refractivity contribution < 1.29 is 17.6 Å². The van der Waals surface area contributed by atoms with Crippen LogP contribution in [0.1, 0.15) is 37.6 Å². The van der Waals surface area contributed by atoms with Gasteiger partial charge in [0.05, 0.1) is 13.2 Å². The molecule has 1 aromatic carbocycles. The van der Waals surface area contributed by atoms with Gasteiger partial charge in [0.2, 0.25) is 15.9 Å². The highest BCUT2D eigenvalue weighted by Crippen LogP contribution is 2.25. The maximum atomic E-state index is 13.3. The lowest BCUT2D eigenvalue weighted by molar-refractivity contribution is 0.340. The molecule has 184 valence electrons. The SMILES string of the molecule is CCOc1ccc(-c2nc(Cn3nc4c(S(=O)(=O)N5CCCCC5)cccn4c3=O)c(C)o2)cc1. The number of piperidine rings is 1. The fraction of sp³-hybridized carbons (Fsp3) is 0.375.